The summed E-state index contributed by atoms with van der Waals surface area (Å²) in [7, 11) is 0. The summed E-state index contributed by atoms with van der Waals surface area (Å²) in [5.41, 5.74) is 0. The first-order chi connectivity index (χ1) is 41.1. The van der Waals surface area contributed by atoms with Gasteiger partial charge in [-0.15, -0.1) is 0 Å². The molecular formula is C70H119NO13. The molecule has 0 aliphatic carbocycles. The van der Waals surface area contributed by atoms with Crippen molar-refractivity contribution in [3.05, 3.63) is 109 Å². The minimum absolute atomic E-state index is 0.246. The molecule has 1 amide bonds. The molecule has 0 bridgehead atoms. The second-order valence-corrected chi connectivity index (χ2v) is 22.8. The Labute approximate surface area is 508 Å². The first kappa shape index (κ1) is 76.7. The van der Waals surface area contributed by atoms with Crippen LogP contribution in [0, 0.1) is 0 Å². The van der Waals surface area contributed by atoms with E-state index in [2.05, 4.69) is 116 Å². The molecule has 14 nitrogen and oxygen atoms in total. The summed E-state index contributed by atoms with van der Waals surface area (Å²) < 4.78 is 22.8. The largest absolute Gasteiger partial charge is 0.394 e. The normalized spacial score (nSPS) is 24.4. The van der Waals surface area contributed by atoms with Crippen molar-refractivity contribution in [1.82, 2.24) is 5.32 Å². The Morgan fingerprint density at radius 2 is 0.833 bits per heavy atom. The number of nitrogens with one attached hydrogen (secondary N) is 1. The van der Waals surface area contributed by atoms with E-state index in [1.165, 1.54) is 96.3 Å². The van der Waals surface area contributed by atoms with Gasteiger partial charge in [0.05, 0.1) is 32.0 Å². The molecule has 2 aliphatic heterocycles. The van der Waals surface area contributed by atoms with Gasteiger partial charge in [-0.05, 0) is 96.3 Å². The van der Waals surface area contributed by atoms with Crippen LogP contribution in [0.2, 0.25) is 0 Å². The van der Waals surface area contributed by atoms with Crippen LogP contribution in [0.1, 0.15) is 232 Å². The second-order valence-electron chi connectivity index (χ2n) is 22.8. The van der Waals surface area contributed by atoms with Crippen molar-refractivity contribution in [3.8, 4) is 0 Å². The maximum absolute atomic E-state index is 13.3. The van der Waals surface area contributed by atoms with E-state index in [0.717, 1.165) is 103 Å². The summed E-state index contributed by atoms with van der Waals surface area (Å²) in [6.07, 6.45) is 59.9. The Bertz CT molecular complexity index is 1820. The topological polar surface area (TPSA) is 228 Å². The molecule has 84 heavy (non-hydrogen) atoms. The Kier molecular flexibility index (Phi) is 49.2. The summed E-state index contributed by atoms with van der Waals surface area (Å²) in [6, 6.07) is -0.955. The van der Waals surface area contributed by atoms with E-state index in [4.69, 9.17) is 18.9 Å². The van der Waals surface area contributed by atoms with E-state index in [1.54, 1.807) is 6.08 Å². The number of allylic oxidation sites excluding steroid dienone is 17. The minimum Gasteiger partial charge on any atom is -0.394 e. The Balaban J connectivity index is 1.76. The molecule has 0 radical (unpaired) electrons. The van der Waals surface area contributed by atoms with Crippen LogP contribution in [-0.2, 0) is 23.7 Å². The molecular weight excluding hydrogens is 1060 g/mol. The standard InChI is InChI=1S/C70H119NO13/c1-3-5-7-9-11-13-15-17-19-21-23-25-27-29-31-33-35-37-39-41-43-45-47-49-51-53-59(74)58(57-81-69-67(80)65(78)68(61(56-73)83-69)84-70-66(79)64(77)63(76)60(55-72)82-70)71-62(75)54-52-50-48-46-44-42-40-38-36-34-32-30-28-26-24-22-20-18-16-14-12-10-8-6-4-2/h6,8,12,14,18,20,24,26,30,32,35-38,43,45,51,53,58-61,63-70,72-74,76-80H,3-5,7,9-11,13,15-17,19,21-23,25,27-29,31,33-34,39-42,44,46-50,52,54-57H2,1-2H3,(H,71,75)/b8-6-,14-12-,20-18-,26-24-,32-30-,37-35+,38-36-,45-43+,53-51+. The summed E-state index contributed by atoms with van der Waals surface area (Å²) >= 11 is 0. The fourth-order valence-electron chi connectivity index (χ4n) is 10.2. The smallest absolute Gasteiger partial charge is 0.220 e. The van der Waals surface area contributed by atoms with Crippen molar-refractivity contribution in [2.75, 3.05) is 19.8 Å². The summed E-state index contributed by atoms with van der Waals surface area (Å²) in [6.45, 7) is 2.65. The second kappa shape index (κ2) is 53.9. The van der Waals surface area contributed by atoms with Gasteiger partial charge >= 0.3 is 0 Å². The monoisotopic (exact) mass is 1180 g/mol. The van der Waals surface area contributed by atoms with Crippen LogP contribution in [0.4, 0.5) is 0 Å². The van der Waals surface area contributed by atoms with Gasteiger partial charge < -0.3 is 65.1 Å². The zero-order chi connectivity index (χ0) is 60.9. The van der Waals surface area contributed by atoms with Crippen molar-refractivity contribution in [1.29, 1.82) is 0 Å². The lowest BCUT2D eigenvalue weighted by atomic mass is 9.97. The highest BCUT2D eigenvalue weighted by atomic mass is 16.7. The van der Waals surface area contributed by atoms with Gasteiger partial charge in [0.2, 0.25) is 5.91 Å². The van der Waals surface area contributed by atoms with E-state index < -0.39 is 86.8 Å². The summed E-state index contributed by atoms with van der Waals surface area (Å²) in [5.74, 6) is -0.271. The number of aliphatic hydroxyl groups is 8. The zero-order valence-electron chi connectivity index (χ0n) is 52.1. The third kappa shape index (κ3) is 38.0. The average molecular weight is 1180 g/mol. The molecule has 9 N–H and O–H groups in total. The lowest BCUT2D eigenvalue weighted by Crippen LogP contribution is -2.65. The molecule has 0 aromatic rings. The van der Waals surface area contributed by atoms with Crippen LogP contribution in [0.5, 0.6) is 0 Å². The van der Waals surface area contributed by atoms with Crippen LogP contribution < -0.4 is 5.32 Å². The van der Waals surface area contributed by atoms with Gasteiger partial charge in [0.1, 0.15) is 48.8 Å². The number of unbranched alkanes of at least 4 members (excludes halogenated alkanes) is 23. The molecule has 0 saturated carbocycles. The molecule has 2 fully saturated rings. The highest BCUT2D eigenvalue weighted by Gasteiger charge is 2.51. The number of carbonyl (C=O) groups excluding carboxylic acids is 1. The van der Waals surface area contributed by atoms with Crippen LogP contribution in [0.25, 0.3) is 0 Å². The van der Waals surface area contributed by atoms with Gasteiger partial charge in [-0.1, -0.05) is 239 Å². The molecule has 0 aromatic carbocycles. The van der Waals surface area contributed by atoms with Crippen LogP contribution in [-0.4, -0.2) is 140 Å². The van der Waals surface area contributed by atoms with Gasteiger partial charge in [-0.3, -0.25) is 4.79 Å². The van der Waals surface area contributed by atoms with Crippen LogP contribution in [0.3, 0.4) is 0 Å². The van der Waals surface area contributed by atoms with Gasteiger partial charge in [-0.2, -0.15) is 0 Å². The lowest BCUT2D eigenvalue weighted by Gasteiger charge is -2.46. The SMILES string of the molecule is CC/C=C\C/C=C\C/C=C\C/C=C\C/C=C\C/C=C\CCCCCCCCC(=O)NC(COC1OC(CO)C(OC2OC(CO)C(O)C(O)C2O)C(O)C1O)C(O)/C=C/CC/C=C/CC/C=C/CCCCCCCCCCCCCCCCC. The van der Waals surface area contributed by atoms with E-state index in [-0.39, 0.29) is 18.9 Å². The average Bonchev–Trinajstić information content (AvgIpc) is 3.18. The fourth-order valence-corrected chi connectivity index (χ4v) is 10.2. The molecule has 2 heterocycles. The molecule has 2 rings (SSSR count). The van der Waals surface area contributed by atoms with Gasteiger partial charge in [0.15, 0.2) is 12.6 Å². The molecule has 2 saturated heterocycles. The summed E-state index contributed by atoms with van der Waals surface area (Å²) in [4.78, 5) is 13.3. The lowest BCUT2D eigenvalue weighted by molar-refractivity contribution is -0.359. The fraction of sp³-hybridized carbons (Fsp3) is 0.729. The Morgan fingerprint density at radius 1 is 0.440 bits per heavy atom. The molecule has 482 valence electrons. The highest BCUT2D eigenvalue weighted by molar-refractivity contribution is 5.76. The third-order valence-corrected chi connectivity index (χ3v) is 15.4. The molecule has 2 aliphatic rings. The van der Waals surface area contributed by atoms with Crippen molar-refractivity contribution < 1.29 is 64.6 Å². The van der Waals surface area contributed by atoms with Gasteiger partial charge in [0.25, 0.3) is 0 Å². The van der Waals surface area contributed by atoms with E-state index in [9.17, 15) is 45.6 Å². The Hall–Kier alpha value is -3.35. The van der Waals surface area contributed by atoms with Crippen molar-refractivity contribution in [2.24, 2.45) is 0 Å². The molecule has 12 atom stereocenters. The first-order valence-corrected chi connectivity index (χ1v) is 33.1. The number of hydrogen-bond donors (Lipinski definition) is 9. The van der Waals surface area contributed by atoms with Crippen molar-refractivity contribution in [3.63, 3.8) is 0 Å². The molecule has 14 heteroatoms. The van der Waals surface area contributed by atoms with E-state index >= 15 is 0 Å². The minimum atomic E-state index is -1.80. The summed E-state index contributed by atoms with van der Waals surface area (Å²) in [5, 5.41) is 87.3. The maximum Gasteiger partial charge on any atom is 0.220 e. The first-order valence-electron chi connectivity index (χ1n) is 33.1. The molecule has 0 aromatic heterocycles. The van der Waals surface area contributed by atoms with Gasteiger partial charge in [0, 0.05) is 6.42 Å². The number of hydrogen-bond acceptors (Lipinski definition) is 13. The highest BCUT2D eigenvalue weighted by Crippen LogP contribution is 2.30. The van der Waals surface area contributed by atoms with Crippen LogP contribution in [0.15, 0.2) is 109 Å². The molecule has 0 spiro atoms. The number of carbonyl (C=O) groups is 1. The third-order valence-electron chi connectivity index (χ3n) is 15.4. The quantitative estimate of drug-likeness (QED) is 0.0204. The predicted octanol–water partition coefficient (Wildman–Crippen LogP) is 12.8. The van der Waals surface area contributed by atoms with Gasteiger partial charge in [-0.25, -0.2) is 0 Å². The number of rotatable bonds is 52. The Morgan fingerprint density at radius 3 is 1.31 bits per heavy atom. The zero-order valence-corrected chi connectivity index (χ0v) is 52.1. The van der Waals surface area contributed by atoms with Crippen molar-refractivity contribution in [2.45, 2.75) is 306 Å². The van der Waals surface area contributed by atoms with E-state index in [1.807, 2.05) is 6.08 Å². The molecule has 12 unspecified atom stereocenters. The van der Waals surface area contributed by atoms with Crippen LogP contribution >= 0.6 is 0 Å². The van der Waals surface area contributed by atoms with E-state index in [0.29, 0.717) is 12.8 Å². The number of amides is 1. The predicted molar refractivity (Wildman–Crippen MR) is 341 cm³/mol. The van der Waals surface area contributed by atoms with Crippen molar-refractivity contribution >= 4 is 5.91 Å². The maximum atomic E-state index is 13.3. The number of ether oxygens (including phenoxy) is 4. The number of aliphatic hydroxyl groups excluding tert-OH is 8.